The zero-order valence-electron chi connectivity index (χ0n) is 4.74. The molecule has 0 aliphatic carbocycles. The molecule has 0 unspecified atom stereocenters. The molecule has 0 saturated heterocycles. The van der Waals surface area contributed by atoms with E-state index in [2.05, 4.69) is 37.2 Å². The molecule has 0 atom stereocenters. The van der Waals surface area contributed by atoms with Crippen LogP contribution < -0.4 is 5.32 Å². The molecular formula is C5H5Br2NS. The van der Waals surface area contributed by atoms with Gasteiger partial charge in [0.25, 0.3) is 0 Å². The normalized spacial score (nSPS) is 9.67. The number of rotatable bonds is 1. The highest BCUT2D eigenvalue weighted by molar-refractivity contribution is 9.13. The highest BCUT2D eigenvalue weighted by atomic mass is 79.9. The Morgan fingerprint density at radius 2 is 2.22 bits per heavy atom. The van der Waals surface area contributed by atoms with Gasteiger partial charge in [-0.25, -0.2) is 0 Å². The molecule has 9 heavy (non-hydrogen) atoms. The molecule has 0 amide bonds. The summed E-state index contributed by atoms with van der Waals surface area (Å²) in [6.45, 7) is 0. The van der Waals surface area contributed by atoms with Gasteiger partial charge in [-0.2, -0.15) is 0 Å². The Hall–Kier alpha value is 0.460. The van der Waals surface area contributed by atoms with E-state index in [-0.39, 0.29) is 0 Å². The van der Waals surface area contributed by atoms with Crippen molar-refractivity contribution < 1.29 is 0 Å². The van der Waals surface area contributed by atoms with Crippen LogP contribution in [-0.4, -0.2) is 7.05 Å². The van der Waals surface area contributed by atoms with Gasteiger partial charge in [0.15, 0.2) is 0 Å². The van der Waals surface area contributed by atoms with Gasteiger partial charge in [0.05, 0.1) is 8.79 Å². The van der Waals surface area contributed by atoms with Crippen LogP contribution in [0.3, 0.4) is 0 Å². The molecule has 0 bridgehead atoms. The minimum absolute atomic E-state index is 1.11. The quantitative estimate of drug-likeness (QED) is 0.826. The average Bonchev–Trinajstić information content (AvgIpc) is 2.13. The van der Waals surface area contributed by atoms with Crippen molar-refractivity contribution in [3.05, 3.63) is 14.3 Å². The maximum atomic E-state index is 3.39. The molecule has 1 aromatic heterocycles. The van der Waals surface area contributed by atoms with Crippen LogP contribution in [0.4, 0.5) is 5.00 Å². The molecule has 50 valence electrons. The molecule has 1 nitrogen and oxygen atoms in total. The lowest BCUT2D eigenvalue weighted by molar-refractivity contribution is 1.59. The van der Waals surface area contributed by atoms with Gasteiger partial charge in [-0.1, -0.05) is 0 Å². The summed E-state index contributed by atoms with van der Waals surface area (Å²) >= 11 is 8.44. The van der Waals surface area contributed by atoms with Gasteiger partial charge in [0, 0.05) is 11.5 Å². The average molecular weight is 271 g/mol. The monoisotopic (exact) mass is 269 g/mol. The SMILES string of the molecule is CNc1cc(Br)c(Br)s1. The summed E-state index contributed by atoms with van der Waals surface area (Å²) in [7, 11) is 1.91. The van der Waals surface area contributed by atoms with Gasteiger partial charge in [-0.3, -0.25) is 0 Å². The minimum atomic E-state index is 1.11. The number of anilines is 1. The largest absolute Gasteiger partial charge is 0.380 e. The van der Waals surface area contributed by atoms with Crippen LogP contribution in [0.1, 0.15) is 0 Å². The van der Waals surface area contributed by atoms with Gasteiger partial charge in [0.1, 0.15) is 0 Å². The third-order valence-electron chi connectivity index (χ3n) is 0.892. The Balaban J connectivity index is 2.98. The summed E-state index contributed by atoms with van der Waals surface area (Å²) in [5.74, 6) is 0. The Labute approximate surface area is 74.7 Å². The predicted molar refractivity (Wildman–Crippen MR) is 49.3 cm³/mol. The minimum Gasteiger partial charge on any atom is -0.380 e. The molecule has 1 aromatic rings. The molecule has 0 aliphatic heterocycles. The number of thiophene rings is 1. The van der Waals surface area contributed by atoms with Crippen molar-refractivity contribution in [3.63, 3.8) is 0 Å². The first-order chi connectivity index (χ1) is 4.24. The lowest BCUT2D eigenvalue weighted by atomic mass is 10.6. The number of hydrogen-bond donors (Lipinski definition) is 1. The van der Waals surface area contributed by atoms with Crippen LogP contribution in [0.5, 0.6) is 0 Å². The first-order valence-electron chi connectivity index (χ1n) is 2.36. The van der Waals surface area contributed by atoms with E-state index in [1.165, 1.54) is 0 Å². The molecule has 1 N–H and O–H groups in total. The van der Waals surface area contributed by atoms with E-state index < -0.39 is 0 Å². The predicted octanol–water partition coefficient (Wildman–Crippen LogP) is 3.31. The van der Waals surface area contributed by atoms with Gasteiger partial charge >= 0.3 is 0 Å². The summed E-state index contributed by atoms with van der Waals surface area (Å²) in [5, 5.41) is 4.21. The third-order valence-corrected chi connectivity index (χ3v) is 4.17. The van der Waals surface area contributed by atoms with Crippen molar-refractivity contribution >= 4 is 48.2 Å². The second kappa shape index (κ2) is 3.03. The number of hydrogen-bond acceptors (Lipinski definition) is 2. The second-order valence-corrected chi connectivity index (χ2v) is 4.71. The van der Waals surface area contributed by atoms with Crippen molar-refractivity contribution in [2.24, 2.45) is 0 Å². The zero-order valence-corrected chi connectivity index (χ0v) is 8.73. The Bertz CT molecular complexity index is 189. The van der Waals surface area contributed by atoms with Crippen molar-refractivity contribution in [3.8, 4) is 0 Å². The molecule has 1 heterocycles. The van der Waals surface area contributed by atoms with E-state index in [1.807, 2.05) is 13.1 Å². The molecule has 1 rings (SSSR count). The highest BCUT2D eigenvalue weighted by Crippen LogP contribution is 2.35. The van der Waals surface area contributed by atoms with Gasteiger partial charge < -0.3 is 5.32 Å². The van der Waals surface area contributed by atoms with Gasteiger partial charge in [0.2, 0.25) is 0 Å². The van der Waals surface area contributed by atoms with E-state index in [1.54, 1.807) is 11.3 Å². The van der Waals surface area contributed by atoms with E-state index in [0.29, 0.717) is 0 Å². The van der Waals surface area contributed by atoms with Crippen molar-refractivity contribution in [2.45, 2.75) is 0 Å². The fraction of sp³-hybridized carbons (Fsp3) is 0.200. The molecule has 4 heteroatoms. The standard InChI is InChI=1S/C5H5Br2NS/c1-8-4-2-3(6)5(7)9-4/h2,8H,1H3. The van der Waals surface area contributed by atoms with Crippen molar-refractivity contribution in [2.75, 3.05) is 12.4 Å². The van der Waals surface area contributed by atoms with Crippen LogP contribution in [0.25, 0.3) is 0 Å². The zero-order chi connectivity index (χ0) is 6.85. The van der Waals surface area contributed by atoms with E-state index in [4.69, 9.17) is 0 Å². The fourth-order valence-corrected chi connectivity index (χ4v) is 2.36. The summed E-state index contributed by atoms with van der Waals surface area (Å²) in [6, 6.07) is 2.04. The molecule has 0 spiro atoms. The van der Waals surface area contributed by atoms with Crippen molar-refractivity contribution in [1.29, 1.82) is 0 Å². The van der Waals surface area contributed by atoms with E-state index in [0.717, 1.165) is 13.3 Å². The van der Waals surface area contributed by atoms with Crippen LogP contribution in [0.15, 0.2) is 14.3 Å². The molecule has 0 saturated carbocycles. The fourth-order valence-electron chi connectivity index (χ4n) is 0.470. The summed E-state index contributed by atoms with van der Waals surface area (Å²) < 4.78 is 2.24. The Morgan fingerprint density at radius 1 is 1.56 bits per heavy atom. The second-order valence-electron chi connectivity index (χ2n) is 1.48. The maximum Gasteiger partial charge on any atom is 0.0903 e. The first kappa shape index (κ1) is 7.57. The highest BCUT2D eigenvalue weighted by Gasteiger charge is 2.00. The van der Waals surface area contributed by atoms with Crippen LogP contribution in [-0.2, 0) is 0 Å². The molecule has 0 radical (unpaired) electrons. The van der Waals surface area contributed by atoms with Crippen molar-refractivity contribution in [1.82, 2.24) is 0 Å². The van der Waals surface area contributed by atoms with Crippen LogP contribution in [0.2, 0.25) is 0 Å². The molecule has 0 aliphatic rings. The molecule has 0 aromatic carbocycles. The lowest BCUT2D eigenvalue weighted by Crippen LogP contribution is -1.79. The lowest BCUT2D eigenvalue weighted by Gasteiger charge is -1.86. The summed E-state index contributed by atoms with van der Waals surface area (Å²) in [5.41, 5.74) is 0. The Kier molecular flexibility index (Phi) is 2.55. The third kappa shape index (κ3) is 1.69. The molecular weight excluding hydrogens is 266 g/mol. The first-order valence-corrected chi connectivity index (χ1v) is 4.77. The van der Waals surface area contributed by atoms with Crippen LogP contribution in [0, 0.1) is 0 Å². The number of nitrogens with one attached hydrogen (secondary N) is 1. The molecule has 0 fully saturated rings. The van der Waals surface area contributed by atoms with Gasteiger partial charge in [-0.05, 0) is 37.9 Å². The maximum absolute atomic E-state index is 3.39. The Morgan fingerprint density at radius 3 is 2.44 bits per heavy atom. The number of halogens is 2. The summed E-state index contributed by atoms with van der Waals surface area (Å²) in [4.78, 5) is 0. The summed E-state index contributed by atoms with van der Waals surface area (Å²) in [6.07, 6.45) is 0. The van der Waals surface area contributed by atoms with E-state index in [9.17, 15) is 0 Å². The van der Waals surface area contributed by atoms with Crippen LogP contribution >= 0.6 is 43.2 Å². The van der Waals surface area contributed by atoms with Gasteiger partial charge in [-0.15, -0.1) is 11.3 Å². The smallest absolute Gasteiger partial charge is 0.0903 e. The van der Waals surface area contributed by atoms with E-state index >= 15 is 0 Å². The topological polar surface area (TPSA) is 12.0 Å².